The van der Waals surface area contributed by atoms with Gasteiger partial charge in [0.15, 0.2) is 0 Å². The average Bonchev–Trinajstić information content (AvgIpc) is 0.811. The van der Waals surface area contributed by atoms with Crippen molar-refractivity contribution in [1.29, 1.82) is 0 Å². The standard InChI is InChI=1S/CH2O3.K.Mg.H2O.3H/c2-1(3)4;;;;;;/h(H2,2,3,4);;;1H2;;;/q;+1;+2;;3*-1. The van der Waals surface area contributed by atoms with Gasteiger partial charge < -0.3 is 20.0 Å². The molecule has 0 radical (unpaired) electrons. The van der Waals surface area contributed by atoms with Crippen LogP contribution in [0.25, 0.3) is 0 Å². The Hall–Kier alpha value is 1.63. The van der Waals surface area contributed by atoms with E-state index in [1.807, 2.05) is 0 Å². The minimum absolute atomic E-state index is 0. The number of hydrogen-bond acceptors (Lipinski definition) is 1. The molecular formula is CH7KMgO4. The van der Waals surface area contributed by atoms with E-state index in [0.29, 0.717) is 0 Å². The van der Waals surface area contributed by atoms with Gasteiger partial charge >= 0.3 is 80.6 Å². The van der Waals surface area contributed by atoms with Gasteiger partial charge in [-0.25, -0.2) is 4.79 Å². The molecule has 0 rings (SSSR count). The molecule has 0 atom stereocenters. The van der Waals surface area contributed by atoms with Crippen LogP contribution >= 0.6 is 0 Å². The van der Waals surface area contributed by atoms with Crippen LogP contribution in [0.3, 0.4) is 0 Å². The quantitative estimate of drug-likeness (QED) is 0.346. The van der Waals surface area contributed by atoms with E-state index >= 15 is 0 Å². The molecule has 0 aromatic rings. The van der Waals surface area contributed by atoms with E-state index < -0.39 is 6.16 Å². The number of carboxylic acid groups (broad SMARTS) is 2. The van der Waals surface area contributed by atoms with E-state index in [2.05, 4.69) is 0 Å². The van der Waals surface area contributed by atoms with Gasteiger partial charge in [0.25, 0.3) is 0 Å². The van der Waals surface area contributed by atoms with E-state index in [9.17, 15) is 0 Å². The molecule has 0 unspecified atom stereocenters. The van der Waals surface area contributed by atoms with Crippen LogP contribution in [0.1, 0.15) is 4.28 Å². The Bertz CT molecular complexity index is 43.5. The van der Waals surface area contributed by atoms with Crippen molar-refractivity contribution in [3.63, 3.8) is 0 Å². The molecular weight excluding hydrogens is 139 g/mol. The van der Waals surface area contributed by atoms with Crippen molar-refractivity contribution in [2.24, 2.45) is 0 Å². The maximum absolute atomic E-state index is 8.56. The molecule has 0 bridgehead atoms. The van der Waals surface area contributed by atoms with Crippen LogP contribution in [0.2, 0.25) is 0 Å². The summed E-state index contributed by atoms with van der Waals surface area (Å²) in [6.45, 7) is 0. The predicted molar refractivity (Wildman–Crippen MR) is 23.4 cm³/mol. The fraction of sp³-hybridized carbons (Fsp3) is 0. The van der Waals surface area contributed by atoms with Crippen LogP contribution < -0.4 is 51.4 Å². The third-order valence-corrected chi connectivity index (χ3v) is 0. The van der Waals surface area contributed by atoms with Gasteiger partial charge in [-0.15, -0.1) is 0 Å². The van der Waals surface area contributed by atoms with Crippen LogP contribution in [0.5, 0.6) is 0 Å². The molecule has 0 saturated carbocycles. The molecule has 0 amide bonds. The Morgan fingerprint density at radius 2 is 1.43 bits per heavy atom. The summed E-state index contributed by atoms with van der Waals surface area (Å²) < 4.78 is 0. The van der Waals surface area contributed by atoms with Gasteiger partial charge in [0, 0.05) is 0 Å². The zero-order chi connectivity index (χ0) is 3.58. The van der Waals surface area contributed by atoms with Crippen molar-refractivity contribution in [1.82, 2.24) is 0 Å². The molecule has 7 heavy (non-hydrogen) atoms. The smallest absolute Gasteiger partial charge is 1.00 e. The average molecular weight is 146 g/mol. The molecule has 0 saturated heterocycles. The minimum atomic E-state index is -1.83. The van der Waals surface area contributed by atoms with Crippen molar-refractivity contribution in [3.05, 3.63) is 0 Å². The number of hydrogen-bond donors (Lipinski definition) is 2. The van der Waals surface area contributed by atoms with Crippen molar-refractivity contribution >= 4 is 29.2 Å². The van der Waals surface area contributed by atoms with Crippen LogP contribution in [-0.2, 0) is 0 Å². The van der Waals surface area contributed by atoms with Crippen molar-refractivity contribution in [2.75, 3.05) is 0 Å². The first-order valence-corrected chi connectivity index (χ1v) is 0.651. The second-order valence-corrected chi connectivity index (χ2v) is 0.283. The SMILES string of the molecule is O.O=C(O)O.[H-].[H-].[H-].[K+].[Mg+2]. The Kier molecular flexibility index (Phi) is 52.4. The summed E-state index contributed by atoms with van der Waals surface area (Å²) in [5, 5.41) is 13.9. The minimum Gasteiger partial charge on any atom is -1.00 e. The summed E-state index contributed by atoms with van der Waals surface area (Å²) in [6, 6.07) is 0. The van der Waals surface area contributed by atoms with Gasteiger partial charge in [0.05, 0.1) is 0 Å². The van der Waals surface area contributed by atoms with Crippen molar-refractivity contribution in [3.8, 4) is 0 Å². The first-order valence-electron chi connectivity index (χ1n) is 0.651. The topological polar surface area (TPSA) is 89.0 Å². The Morgan fingerprint density at radius 3 is 1.43 bits per heavy atom. The van der Waals surface area contributed by atoms with Gasteiger partial charge in [-0.2, -0.15) is 0 Å². The summed E-state index contributed by atoms with van der Waals surface area (Å²) in [4.78, 5) is 8.56. The van der Waals surface area contributed by atoms with E-state index in [0.717, 1.165) is 0 Å². The van der Waals surface area contributed by atoms with Gasteiger partial charge in [-0.3, -0.25) is 0 Å². The molecule has 38 valence electrons. The van der Waals surface area contributed by atoms with Crippen LogP contribution in [-0.4, -0.2) is 44.9 Å². The van der Waals surface area contributed by atoms with Gasteiger partial charge in [-0.1, -0.05) is 0 Å². The summed E-state index contributed by atoms with van der Waals surface area (Å²) in [7, 11) is 0. The fourth-order valence-corrected chi connectivity index (χ4v) is 0. The van der Waals surface area contributed by atoms with Gasteiger partial charge in [0.2, 0.25) is 0 Å². The first-order chi connectivity index (χ1) is 1.73. The molecule has 0 aliphatic rings. The van der Waals surface area contributed by atoms with Crippen LogP contribution in [0, 0.1) is 0 Å². The second kappa shape index (κ2) is 15.6. The molecule has 0 aromatic carbocycles. The Morgan fingerprint density at radius 1 is 1.43 bits per heavy atom. The van der Waals surface area contributed by atoms with Crippen LogP contribution in [0.15, 0.2) is 0 Å². The Labute approximate surface area is 104 Å². The predicted octanol–water partition coefficient (Wildman–Crippen LogP) is -3.64. The summed E-state index contributed by atoms with van der Waals surface area (Å²) >= 11 is 0. The largest absolute Gasteiger partial charge is 2.00 e. The van der Waals surface area contributed by atoms with Gasteiger partial charge in [-0.05, 0) is 0 Å². The normalized spacial score (nSPS) is 3.43. The van der Waals surface area contributed by atoms with E-state index in [4.69, 9.17) is 15.0 Å². The molecule has 0 aliphatic heterocycles. The van der Waals surface area contributed by atoms with Crippen LogP contribution in [0.4, 0.5) is 4.79 Å². The summed E-state index contributed by atoms with van der Waals surface area (Å²) in [6.07, 6.45) is -1.83. The summed E-state index contributed by atoms with van der Waals surface area (Å²) in [5.41, 5.74) is 0. The molecule has 0 spiro atoms. The molecule has 4 N–H and O–H groups in total. The zero-order valence-electron chi connectivity index (χ0n) is 7.01. The molecule has 0 aliphatic carbocycles. The van der Waals surface area contributed by atoms with E-state index in [-0.39, 0.29) is 84.2 Å². The molecule has 0 heterocycles. The second-order valence-electron chi connectivity index (χ2n) is 0.283. The third-order valence-electron chi connectivity index (χ3n) is 0. The molecule has 0 fully saturated rings. The van der Waals surface area contributed by atoms with E-state index in [1.54, 1.807) is 0 Å². The molecule has 6 heteroatoms. The molecule has 4 nitrogen and oxygen atoms in total. The van der Waals surface area contributed by atoms with Crippen molar-refractivity contribution in [2.45, 2.75) is 0 Å². The first kappa shape index (κ1) is 23.4. The van der Waals surface area contributed by atoms with Gasteiger partial charge in [0.1, 0.15) is 0 Å². The number of rotatable bonds is 0. The summed E-state index contributed by atoms with van der Waals surface area (Å²) in [5.74, 6) is 0. The molecule has 0 aromatic heterocycles. The van der Waals surface area contributed by atoms with Crippen molar-refractivity contribution < 1.29 is 76.1 Å². The maximum atomic E-state index is 8.56. The monoisotopic (exact) mass is 146 g/mol. The zero-order valence-corrected chi connectivity index (χ0v) is 8.55. The maximum Gasteiger partial charge on any atom is 2.00 e. The fourth-order valence-electron chi connectivity index (χ4n) is 0. The third kappa shape index (κ3) is 90.9. The van der Waals surface area contributed by atoms with E-state index in [1.165, 1.54) is 0 Å². The number of carbonyl (C=O) groups is 1. The Balaban J connectivity index is -0.00000000300.